The molecule has 1 aromatic carbocycles. The predicted molar refractivity (Wildman–Crippen MR) is 90.7 cm³/mol. The minimum atomic E-state index is 0.498. The maximum absolute atomic E-state index is 5.85. The van der Waals surface area contributed by atoms with Crippen LogP contribution in [0.2, 0.25) is 0 Å². The van der Waals surface area contributed by atoms with Crippen molar-refractivity contribution in [2.75, 3.05) is 13.2 Å². The highest BCUT2D eigenvalue weighted by molar-refractivity contribution is 6.17. The Balaban J connectivity index is 2.27. The first-order valence-electron chi connectivity index (χ1n) is 8.26. The van der Waals surface area contributed by atoms with Crippen molar-refractivity contribution in [3.63, 3.8) is 0 Å². The summed E-state index contributed by atoms with van der Waals surface area (Å²) in [4.78, 5) is 0. The third-order valence-corrected chi connectivity index (χ3v) is 3.78. The first-order valence-corrected chi connectivity index (χ1v) is 8.79. The summed E-state index contributed by atoms with van der Waals surface area (Å²) >= 11 is 5.85. The Bertz CT molecular complexity index is 379. The van der Waals surface area contributed by atoms with Crippen LogP contribution >= 0.6 is 11.6 Å². The van der Waals surface area contributed by atoms with Gasteiger partial charge in [0.25, 0.3) is 0 Å². The quantitative estimate of drug-likeness (QED) is 0.350. The highest BCUT2D eigenvalue weighted by Gasteiger charge is 2.06. The molecule has 0 N–H and O–H groups in total. The van der Waals surface area contributed by atoms with Gasteiger partial charge in [-0.2, -0.15) is 0 Å². The van der Waals surface area contributed by atoms with Crippen molar-refractivity contribution in [3.05, 3.63) is 23.8 Å². The molecule has 0 aliphatic heterocycles. The van der Waals surface area contributed by atoms with Crippen molar-refractivity contribution in [2.24, 2.45) is 0 Å². The van der Waals surface area contributed by atoms with Crippen molar-refractivity contribution in [2.45, 2.75) is 64.7 Å². The van der Waals surface area contributed by atoms with Gasteiger partial charge in [0.05, 0.1) is 13.2 Å². The number of hydrogen-bond donors (Lipinski definition) is 0. The van der Waals surface area contributed by atoms with Crippen LogP contribution in [0, 0.1) is 0 Å². The first kappa shape index (κ1) is 18.2. The van der Waals surface area contributed by atoms with Crippen molar-refractivity contribution in [1.29, 1.82) is 0 Å². The van der Waals surface area contributed by atoms with Gasteiger partial charge in [0, 0.05) is 5.88 Å². The van der Waals surface area contributed by atoms with Gasteiger partial charge in [-0.15, -0.1) is 11.6 Å². The molecule has 0 heterocycles. The van der Waals surface area contributed by atoms with Crippen LogP contribution in [0.15, 0.2) is 18.2 Å². The van der Waals surface area contributed by atoms with Crippen LogP contribution in [0.5, 0.6) is 11.5 Å². The van der Waals surface area contributed by atoms with Crippen LogP contribution in [-0.4, -0.2) is 13.2 Å². The second kappa shape index (κ2) is 11.7. The lowest BCUT2D eigenvalue weighted by atomic mass is 10.1. The molecule has 1 rings (SSSR count). The summed E-state index contributed by atoms with van der Waals surface area (Å²) in [6.07, 6.45) is 9.05. The van der Waals surface area contributed by atoms with E-state index in [9.17, 15) is 0 Å². The van der Waals surface area contributed by atoms with E-state index in [0.29, 0.717) is 12.5 Å². The minimum absolute atomic E-state index is 0.498. The van der Waals surface area contributed by atoms with Gasteiger partial charge in [-0.05, 0) is 31.0 Å². The van der Waals surface area contributed by atoms with Crippen LogP contribution < -0.4 is 9.47 Å². The molecule has 0 unspecified atom stereocenters. The Morgan fingerprint density at radius 2 is 1.57 bits per heavy atom. The van der Waals surface area contributed by atoms with E-state index in [1.165, 1.54) is 38.5 Å². The van der Waals surface area contributed by atoms with Crippen molar-refractivity contribution < 1.29 is 9.47 Å². The molecule has 120 valence electrons. The molecule has 0 aromatic heterocycles. The van der Waals surface area contributed by atoms with Crippen molar-refractivity contribution >= 4 is 11.6 Å². The van der Waals surface area contributed by atoms with E-state index in [0.717, 1.165) is 30.1 Å². The summed E-state index contributed by atoms with van der Waals surface area (Å²) in [5.41, 5.74) is 1.06. The first-order chi connectivity index (χ1) is 10.3. The van der Waals surface area contributed by atoms with E-state index < -0.39 is 0 Å². The largest absolute Gasteiger partial charge is 0.490 e. The molecule has 0 amide bonds. The molecular formula is C18H29ClO2. The minimum Gasteiger partial charge on any atom is -0.490 e. The van der Waals surface area contributed by atoms with Crippen LogP contribution in [0.25, 0.3) is 0 Å². The molecule has 0 aliphatic rings. The summed E-state index contributed by atoms with van der Waals surface area (Å²) < 4.78 is 11.5. The Labute approximate surface area is 134 Å². The lowest BCUT2D eigenvalue weighted by molar-refractivity contribution is 0.270. The zero-order valence-corrected chi connectivity index (χ0v) is 14.3. The Kier molecular flexibility index (Phi) is 10.1. The Morgan fingerprint density at radius 1 is 0.857 bits per heavy atom. The fraction of sp³-hybridized carbons (Fsp3) is 0.667. The molecule has 2 nitrogen and oxygen atoms in total. The molecule has 0 saturated carbocycles. The highest BCUT2D eigenvalue weighted by atomic mass is 35.5. The zero-order chi connectivity index (χ0) is 15.3. The van der Waals surface area contributed by atoms with Crippen LogP contribution in [0.3, 0.4) is 0 Å². The van der Waals surface area contributed by atoms with Crippen molar-refractivity contribution in [3.8, 4) is 11.5 Å². The highest BCUT2D eigenvalue weighted by Crippen LogP contribution is 2.29. The lowest BCUT2D eigenvalue weighted by Gasteiger charge is -2.13. The van der Waals surface area contributed by atoms with E-state index in [-0.39, 0.29) is 0 Å². The van der Waals surface area contributed by atoms with Gasteiger partial charge in [0.2, 0.25) is 0 Å². The van der Waals surface area contributed by atoms with E-state index >= 15 is 0 Å². The maximum atomic E-state index is 5.85. The summed E-state index contributed by atoms with van der Waals surface area (Å²) in [6.45, 7) is 5.63. The molecule has 0 saturated heterocycles. The molecule has 0 radical (unpaired) electrons. The van der Waals surface area contributed by atoms with Gasteiger partial charge < -0.3 is 9.47 Å². The number of hydrogen-bond acceptors (Lipinski definition) is 2. The van der Waals surface area contributed by atoms with Gasteiger partial charge in [-0.3, -0.25) is 0 Å². The number of halogens is 1. The van der Waals surface area contributed by atoms with Gasteiger partial charge in [-0.1, -0.05) is 51.5 Å². The summed E-state index contributed by atoms with van der Waals surface area (Å²) in [5, 5.41) is 0. The third-order valence-electron chi connectivity index (χ3n) is 3.47. The van der Waals surface area contributed by atoms with Crippen LogP contribution in [-0.2, 0) is 5.88 Å². The van der Waals surface area contributed by atoms with E-state index in [1.807, 2.05) is 25.1 Å². The summed E-state index contributed by atoms with van der Waals surface area (Å²) in [6, 6.07) is 5.93. The van der Waals surface area contributed by atoms with Gasteiger partial charge >= 0.3 is 0 Å². The normalized spacial score (nSPS) is 10.6. The molecule has 0 atom stereocenters. The monoisotopic (exact) mass is 312 g/mol. The molecule has 3 heteroatoms. The summed E-state index contributed by atoms with van der Waals surface area (Å²) in [5.74, 6) is 2.13. The molecule has 0 spiro atoms. The van der Waals surface area contributed by atoms with Crippen molar-refractivity contribution in [1.82, 2.24) is 0 Å². The standard InChI is InChI=1S/C18H29ClO2/c1-3-5-6-7-8-9-10-13-21-17-12-11-16(15-19)14-18(17)20-4-2/h11-12,14H,3-10,13,15H2,1-2H3. The number of benzene rings is 1. The average Bonchev–Trinajstić information content (AvgIpc) is 2.51. The Morgan fingerprint density at radius 3 is 2.24 bits per heavy atom. The maximum Gasteiger partial charge on any atom is 0.161 e. The molecule has 21 heavy (non-hydrogen) atoms. The molecule has 0 aliphatic carbocycles. The lowest BCUT2D eigenvalue weighted by Crippen LogP contribution is -2.01. The number of rotatable bonds is 12. The smallest absolute Gasteiger partial charge is 0.161 e. The Hall–Kier alpha value is -0.890. The van der Waals surface area contributed by atoms with Gasteiger partial charge in [0.1, 0.15) is 0 Å². The van der Waals surface area contributed by atoms with E-state index in [1.54, 1.807) is 0 Å². The molecule has 0 bridgehead atoms. The molecule has 0 fully saturated rings. The third kappa shape index (κ3) is 7.61. The molecular weight excluding hydrogens is 284 g/mol. The fourth-order valence-electron chi connectivity index (χ4n) is 2.26. The second-order valence-electron chi connectivity index (χ2n) is 5.32. The van der Waals surface area contributed by atoms with Crippen LogP contribution in [0.1, 0.15) is 64.4 Å². The molecule has 1 aromatic rings. The van der Waals surface area contributed by atoms with E-state index in [2.05, 4.69) is 6.92 Å². The van der Waals surface area contributed by atoms with Gasteiger partial charge in [0.15, 0.2) is 11.5 Å². The predicted octanol–water partition coefficient (Wildman–Crippen LogP) is 5.95. The van der Waals surface area contributed by atoms with Crippen LogP contribution in [0.4, 0.5) is 0 Å². The number of ether oxygens (including phenoxy) is 2. The average molecular weight is 313 g/mol. The van der Waals surface area contributed by atoms with Gasteiger partial charge in [-0.25, -0.2) is 0 Å². The topological polar surface area (TPSA) is 18.5 Å². The summed E-state index contributed by atoms with van der Waals surface area (Å²) in [7, 11) is 0. The number of alkyl halides is 1. The SMILES string of the molecule is CCCCCCCCCOc1ccc(CCl)cc1OCC. The second-order valence-corrected chi connectivity index (χ2v) is 5.58. The van der Waals surface area contributed by atoms with E-state index in [4.69, 9.17) is 21.1 Å². The fourth-order valence-corrected chi connectivity index (χ4v) is 2.43. The zero-order valence-electron chi connectivity index (χ0n) is 13.5. The number of unbranched alkanes of at least 4 members (excludes halogenated alkanes) is 6.